The SMILES string of the molecule is COc1cccc(C(=O)Cc2ccn(C(C)C)n2)c1. The molecule has 0 aliphatic carbocycles. The van der Waals surface area contributed by atoms with E-state index in [2.05, 4.69) is 18.9 Å². The predicted molar refractivity (Wildman–Crippen MR) is 73.6 cm³/mol. The minimum atomic E-state index is 0.0490. The third-order valence-corrected chi connectivity index (χ3v) is 2.93. The zero-order valence-electron chi connectivity index (χ0n) is 11.5. The molecule has 0 amide bonds. The number of aromatic nitrogens is 2. The number of nitrogens with zero attached hydrogens (tertiary/aromatic N) is 2. The second kappa shape index (κ2) is 5.69. The fraction of sp³-hybridized carbons (Fsp3) is 0.333. The largest absolute Gasteiger partial charge is 0.497 e. The third-order valence-electron chi connectivity index (χ3n) is 2.93. The summed E-state index contributed by atoms with van der Waals surface area (Å²) in [7, 11) is 1.59. The molecule has 0 atom stereocenters. The van der Waals surface area contributed by atoms with E-state index in [4.69, 9.17) is 4.74 Å². The minimum absolute atomic E-state index is 0.0490. The van der Waals surface area contributed by atoms with Crippen LogP contribution in [0.4, 0.5) is 0 Å². The Hall–Kier alpha value is -2.10. The van der Waals surface area contributed by atoms with Crippen molar-refractivity contribution in [2.45, 2.75) is 26.3 Å². The monoisotopic (exact) mass is 258 g/mol. The molecule has 4 heteroatoms. The van der Waals surface area contributed by atoms with Gasteiger partial charge in [-0.05, 0) is 32.0 Å². The Bertz CT molecular complexity index is 573. The van der Waals surface area contributed by atoms with E-state index >= 15 is 0 Å². The van der Waals surface area contributed by atoms with Crippen LogP contribution in [0.25, 0.3) is 0 Å². The molecule has 0 aliphatic rings. The van der Waals surface area contributed by atoms with Gasteiger partial charge >= 0.3 is 0 Å². The van der Waals surface area contributed by atoms with Crippen LogP contribution in [0, 0.1) is 0 Å². The Labute approximate surface area is 113 Å². The maximum atomic E-state index is 12.2. The molecule has 0 fully saturated rings. The van der Waals surface area contributed by atoms with Gasteiger partial charge in [0.15, 0.2) is 5.78 Å². The van der Waals surface area contributed by atoms with Crippen LogP contribution in [0.3, 0.4) is 0 Å². The van der Waals surface area contributed by atoms with Crippen molar-refractivity contribution in [3.8, 4) is 5.75 Å². The highest BCUT2D eigenvalue weighted by Crippen LogP contribution is 2.15. The Morgan fingerprint density at radius 1 is 1.37 bits per heavy atom. The van der Waals surface area contributed by atoms with Gasteiger partial charge in [0, 0.05) is 17.8 Å². The van der Waals surface area contributed by atoms with Gasteiger partial charge in [-0.25, -0.2) is 0 Å². The molecular formula is C15H18N2O2. The van der Waals surface area contributed by atoms with Crippen molar-refractivity contribution in [2.75, 3.05) is 7.11 Å². The molecule has 0 saturated carbocycles. The van der Waals surface area contributed by atoms with Crippen molar-refractivity contribution < 1.29 is 9.53 Å². The van der Waals surface area contributed by atoms with Gasteiger partial charge in [-0.2, -0.15) is 5.10 Å². The number of carbonyl (C=O) groups excluding carboxylic acids is 1. The summed E-state index contributed by atoms with van der Waals surface area (Å²) >= 11 is 0. The lowest BCUT2D eigenvalue weighted by Crippen LogP contribution is -2.06. The molecule has 0 spiro atoms. The van der Waals surface area contributed by atoms with Crippen LogP contribution in [-0.4, -0.2) is 22.7 Å². The van der Waals surface area contributed by atoms with Crippen molar-refractivity contribution in [2.24, 2.45) is 0 Å². The lowest BCUT2D eigenvalue weighted by atomic mass is 10.1. The summed E-state index contributed by atoms with van der Waals surface area (Å²) in [5, 5.41) is 4.38. The van der Waals surface area contributed by atoms with E-state index in [9.17, 15) is 4.79 Å². The molecule has 2 aromatic rings. The van der Waals surface area contributed by atoms with E-state index in [1.165, 1.54) is 0 Å². The van der Waals surface area contributed by atoms with E-state index in [1.807, 2.05) is 29.1 Å². The molecule has 4 nitrogen and oxygen atoms in total. The number of ether oxygens (including phenoxy) is 1. The predicted octanol–water partition coefficient (Wildman–Crippen LogP) is 2.90. The van der Waals surface area contributed by atoms with E-state index in [0.29, 0.717) is 23.8 Å². The summed E-state index contributed by atoms with van der Waals surface area (Å²) in [6, 6.07) is 9.38. The third kappa shape index (κ3) is 3.22. The molecule has 1 aromatic heterocycles. The number of benzene rings is 1. The first kappa shape index (κ1) is 13.3. The molecule has 2 rings (SSSR count). The van der Waals surface area contributed by atoms with Crippen LogP contribution in [-0.2, 0) is 6.42 Å². The van der Waals surface area contributed by atoms with Gasteiger partial charge in [0.1, 0.15) is 5.75 Å². The molecular weight excluding hydrogens is 240 g/mol. The molecule has 1 aromatic carbocycles. The normalized spacial score (nSPS) is 10.7. The summed E-state index contributed by atoms with van der Waals surface area (Å²) < 4.78 is 6.97. The Kier molecular flexibility index (Phi) is 4.00. The zero-order valence-corrected chi connectivity index (χ0v) is 11.5. The number of ketones is 1. The van der Waals surface area contributed by atoms with Gasteiger partial charge in [0.2, 0.25) is 0 Å². The fourth-order valence-electron chi connectivity index (χ4n) is 1.82. The summed E-state index contributed by atoms with van der Waals surface area (Å²) in [4.78, 5) is 12.2. The summed E-state index contributed by atoms with van der Waals surface area (Å²) in [5.74, 6) is 0.742. The molecule has 100 valence electrons. The lowest BCUT2D eigenvalue weighted by Gasteiger charge is -2.04. The maximum Gasteiger partial charge on any atom is 0.169 e. The molecule has 0 aliphatic heterocycles. The van der Waals surface area contributed by atoms with Gasteiger partial charge in [0.05, 0.1) is 19.2 Å². The van der Waals surface area contributed by atoms with Gasteiger partial charge in [0.25, 0.3) is 0 Å². The van der Waals surface area contributed by atoms with Crippen LogP contribution in [0.15, 0.2) is 36.5 Å². The molecule has 0 N–H and O–H groups in total. The van der Waals surface area contributed by atoms with Crippen molar-refractivity contribution in [3.05, 3.63) is 47.8 Å². The minimum Gasteiger partial charge on any atom is -0.497 e. The lowest BCUT2D eigenvalue weighted by molar-refractivity contribution is 0.0991. The number of rotatable bonds is 5. The Morgan fingerprint density at radius 3 is 2.79 bits per heavy atom. The van der Waals surface area contributed by atoms with Gasteiger partial charge in [-0.1, -0.05) is 12.1 Å². The molecule has 0 unspecified atom stereocenters. The standard InChI is InChI=1S/C15H18N2O2/c1-11(2)17-8-7-13(16-17)10-15(18)12-5-4-6-14(9-12)19-3/h4-9,11H,10H2,1-3H3. The number of hydrogen-bond acceptors (Lipinski definition) is 3. The summed E-state index contributed by atoms with van der Waals surface area (Å²) in [5.41, 5.74) is 1.44. The number of Topliss-reactive ketones (excluding diaryl/α,β-unsaturated/α-hetero) is 1. The first-order valence-electron chi connectivity index (χ1n) is 6.31. The number of hydrogen-bond donors (Lipinski definition) is 0. The van der Waals surface area contributed by atoms with E-state index < -0.39 is 0 Å². The van der Waals surface area contributed by atoms with Crippen LogP contribution < -0.4 is 4.74 Å². The summed E-state index contributed by atoms with van der Waals surface area (Å²) in [6.45, 7) is 4.11. The Morgan fingerprint density at radius 2 is 2.16 bits per heavy atom. The quantitative estimate of drug-likeness (QED) is 0.774. The first-order chi connectivity index (χ1) is 9.10. The average Bonchev–Trinajstić information content (AvgIpc) is 2.87. The molecule has 0 saturated heterocycles. The first-order valence-corrected chi connectivity index (χ1v) is 6.31. The molecule has 1 heterocycles. The second-order valence-electron chi connectivity index (χ2n) is 4.71. The highest BCUT2D eigenvalue weighted by atomic mass is 16.5. The van der Waals surface area contributed by atoms with E-state index in [0.717, 1.165) is 5.69 Å². The van der Waals surface area contributed by atoms with E-state index in [1.54, 1.807) is 19.2 Å². The smallest absolute Gasteiger partial charge is 0.169 e. The molecule has 0 bridgehead atoms. The van der Waals surface area contributed by atoms with Crippen LogP contribution >= 0.6 is 0 Å². The number of carbonyl (C=O) groups is 1. The highest BCUT2D eigenvalue weighted by molar-refractivity contribution is 5.97. The average molecular weight is 258 g/mol. The van der Waals surface area contributed by atoms with Crippen LogP contribution in [0.1, 0.15) is 35.9 Å². The Balaban J connectivity index is 2.11. The van der Waals surface area contributed by atoms with Crippen LogP contribution in [0.2, 0.25) is 0 Å². The van der Waals surface area contributed by atoms with Crippen molar-refractivity contribution in [3.63, 3.8) is 0 Å². The van der Waals surface area contributed by atoms with Gasteiger partial charge in [-0.3, -0.25) is 9.48 Å². The van der Waals surface area contributed by atoms with Gasteiger partial charge < -0.3 is 4.74 Å². The summed E-state index contributed by atoms with van der Waals surface area (Å²) in [6.07, 6.45) is 2.21. The zero-order chi connectivity index (χ0) is 13.8. The van der Waals surface area contributed by atoms with Crippen molar-refractivity contribution >= 4 is 5.78 Å². The molecule has 19 heavy (non-hydrogen) atoms. The topological polar surface area (TPSA) is 44.1 Å². The second-order valence-corrected chi connectivity index (χ2v) is 4.71. The van der Waals surface area contributed by atoms with E-state index in [-0.39, 0.29) is 5.78 Å². The van der Waals surface area contributed by atoms with Gasteiger partial charge in [-0.15, -0.1) is 0 Å². The fourth-order valence-corrected chi connectivity index (χ4v) is 1.82. The van der Waals surface area contributed by atoms with Crippen LogP contribution in [0.5, 0.6) is 5.75 Å². The van der Waals surface area contributed by atoms with Crippen molar-refractivity contribution in [1.29, 1.82) is 0 Å². The van der Waals surface area contributed by atoms with Crippen molar-refractivity contribution in [1.82, 2.24) is 9.78 Å². The molecule has 0 radical (unpaired) electrons. The number of methoxy groups -OCH3 is 1. The highest BCUT2D eigenvalue weighted by Gasteiger charge is 2.10. The maximum absolute atomic E-state index is 12.2.